The molecule has 0 aromatic heterocycles. The Morgan fingerprint density at radius 2 is 1.90 bits per heavy atom. The van der Waals surface area contributed by atoms with E-state index >= 15 is 0 Å². The maximum atomic E-state index is 13.2. The third kappa shape index (κ3) is 4.32. The lowest BCUT2D eigenvalue weighted by molar-refractivity contribution is -0.125. The van der Waals surface area contributed by atoms with Gasteiger partial charge in [0.25, 0.3) is 5.91 Å². The van der Waals surface area contributed by atoms with E-state index in [2.05, 4.69) is 5.32 Å². The van der Waals surface area contributed by atoms with Crippen LogP contribution in [0.3, 0.4) is 0 Å². The van der Waals surface area contributed by atoms with Crippen LogP contribution in [0.5, 0.6) is 0 Å². The van der Waals surface area contributed by atoms with Crippen molar-refractivity contribution in [1.29, 1.82) is 0 Å². The molecular weight excluding hydrogens is 422 g/mol. The average molecular weight is 444 g/mol. The first-order valence-electron chi connectivity index (χ1n) is 9.91. The molecule has 2 aliphatic heterocycles. The summed E-state index contributed by atoms with van der Waals surface area (Å²) in [5.74, 6) is 0.140. The molecule has 2 heterocycles. The van der Waals surface area contributed by atoms with Gasteiger partial charge in [-0.2, -0.15) is 0 Å². The van der Waals surface area contributed by atoms with Crippen molar-refractivity contribution in [3.05, 3.63) is 59.1 Å². The predicted octanol–water partition coefficient (Wildman–Crippen LogP) is 3.20. The van der Waals surface area contributed by atoms with Gasteiger partial charge < -0.3 is 15.1 Å². The van der Waals surface area contributed by atoms with Gasteiger partial charge in [0.15, 0.2) is 0 Å². The molecule has 0 aliphatic carbocycles. The summed E-state index contributed by atoms with van der Waals surface area (Å²) in [7, 11) is 0. The van der Waals surface area contributed by atoms with Gasteiger partial charge in [-0.05, 0) is 49.2 Å². The lowest BCUT2D eigenvalue weighted by Gasteiger charge is -2.25. The zero-order valence-electron chi connectivity index (χ0n) is 16.3. The van der Waals surface area contributed by atoms with Crippen molar-refractivity contribution in [2.45, 2.75) is 23.8 Å². The number of hydrogen-bond acceptors (Lipinski definition) is 4. The molecule has 30 heavy (non-hydrogen) atoms. The van der Waals surface area contributed by atoms with Crippen LogP contribution in [-0.2, 0) is 9.59 Å². The number of carbonyl (C=O) groups is 3. The average Bonchev–Trinajstić information content (AvgIpc) is 3.23. The van der Waals surface area contributed by atoms with Crippen LogP contribution in [0.15, 0.2) is 53.4 Å². The first-order chi connectivity index (χ1) is 14.5. The minimum Gasteiger partial charge on any atom is -0.354 e. The van der Waals surface area contributed by atoms with Gasteiger partial charge in [0.05, 0.1) is 11.3 Å². The van der Waals surface area contributed by atoms with Crippen LogP contribution in [-0.4, -0.2) is 54.1 Å². The Morgan fingerprint density at radius 1 is 1.13 bits per heavy atom. The van der Waals surface area contributed by atoms with Gasteiger partial charge in [-0.15, -0.1) is 11.8 Å². The van der Waals surface area contributed by atoms with E-state index in [0.717, 1.165) is 11.3 Å². The van der Waals surface area contributed by atoms with E-state index in [9.17, 15) is 14.4 Å². The third-order valence-electron chi connectivity index (χ3n) is 5.30. The summed E-state index contributed by atoms with van der Waals surface area (Å²) in [4.78, 5) is 42.8. The number of carbonyl (C=O) groups excluding carboxylic acids is 3. The fraction of sp³-hybridized carbons (Fsp3) is 0.318. The van der Waals surface area contributed by atoms with E-state index in [1.807, 2.05) is 24.3 Å². The highest BCUT2D eigenvalue weighted by molar-refractivity contribution is 7.99. The first-order valence-corrected chi connectivity index (χ1v) is 11.3. The second-order valence-corrected chi connectivity index (χ2v) is 8.86. The zero-order valence-corrected chi connectivity index (χ0v) is 17.9. The summed E-state index contributed by atoms with van der Waals surface area (Å²) in [6.45, 7) is 0.953. The maximum Gasteiger partial charge on any atom is 0.256 e. The Bertz CT molecular complexity index is 966. The van der Waals surface area contributed by atoms with Crippen molar-refractivity contribution >= 4 is 46.8 Å². The minimum atomic E-state index is -0.488. The highest BCUT2D eigenvalue weighted by Crippen LogP contribution is 2.32. The molecule has 3 amide bonds. The summed E-state index contributed by atoms with van der Waals surface area (Å²) in [6, 6.07) is 14.1. The number of amides is 3. The molecule has 156 valence electrons. The molecule has 6 nitrogen and oxygen atoms in total. The molecule has 0 radical (unpaired) electrons. The van der Waals surface area contributed by atoms with E-state index in [0.29, 0.717) is 41.5 Å². The van der Waals surface area contributed by atoms with Gasteiger partial charge in [-0.1, -0.05) is 23.7 Å². The maximum absolute atomic E-state index is 13.2. The minimum absolute atomic E-state index is 0.0981. The number of nitrogens with one attached hydrogen (secondary N) is 1. The molecule has 8 heteroatoms. The molecule has 0 bridgehead atoms. The van der Waals surface area contributed by atoms with E-state index in [1.54, 1.807) is 40.9 Å². The smallest absolute Gasteiger partial charge is 0.256 e. The first kappa shape index (κ1) is 20.8. The van der Waals surface area contributed by atoms with E-state index in [4.69, 9.17) is 11.6 Å². The van der Waals surface area contributed by atoms with Gasteiger partial charge in [0, 0.05) is 28.8 Å². The van der Waals surface area contributed by atoms with E-state index < -0.39 is 6.04 Å². The number of nitrogens with zero attached hydrogens (tertiary/aromatic N) is 2. The van der Waals surface area contributed by atoms with Crippen molar-refractivity contribution in [3.63, 3.8) is 0 Å². The number of rotatable bonds is 6. The Labute approximate surface area is 184 Å². The second-order valence-electron chi connectivity index (χ2n) is 7.25. The van der Waals surface area contributed by atoms with Crippen LogP contribution in [0.2, 0.25) is 5.02 Å². The normalized spacial score (nSPS) is 18.1. The summed E-state index contributed by atoms with van der Waals surface area (Å²) in [6.07, 6.45) is 1.43. The number of para-hydroxylation sites is 1. The number of anilines is 1. The van der Waals surface area contributed by atoms with Crippen LogP contribution >= 0.6 is 23.4 Å². The van der Waals surface area contributed by atoms with Crippen molar-refractivity contribution in [2.75, 3.05) is 30.3 Å². The topological polar surface area (TPSA) is 69.7 Å². The van der Waals surface area contributed by atoms with Gasteiger partial charge >= 0.3 is 0 Å². The van der Waals surface area contributed by atoms with Gasteiger partial charge in [-0.3, -0.25) is 14.4 Å². The van der Waals surface area contributed by atoms with Crippen LogP contribution in [0.4, 0.5) is 5.69 Å². The molecule has 1 N–H and O–H groups in total. The lowest BCUT2D eigenvalue weighted by atomic mass is 10.1. The third-order valence-corrected chi connectivity index (χ3v) is 6.56. The SMILES string of the molecule is O=C(CN1C(=O)[C@H]2CCCN2C(=O)c2ccccc21)NCCSc1ccc(Cl)cc1. The summed E-state index contributed by atoms with van der Waals surface area (Å²) < 4.78 is 0. The Kier molecular flexibility index (Phi) is 6.29. The molecular formula is C22H22ClN3O3S. The second kappa shape index (κ2) is 9.10. The fourth-order valence-electron chi connectivity index (χ4n) is 3.86. The number of halogens is 1. The van der Waals surface area contributed by atoms with Gasteiger partial charge in [-0.25, -0.2) is 0 Å². The molecule has 2 aromatic rings. The molecule has 1 atom stereocenters. The molecule has 0 unspecified atom stereocenters. The lowest BCUT2D eigenvalue weighted by Crippen LogP contribution is -2.48. The van der Waals surface area contributed by atoms with Crippen LogP contribution in [0, 0.1) is 0 Å². The van der Waals surface area contributed by atoms with E-state index in [1.165, 1.54) is 4.90 Å². The van der Waals surface area contributed by atoms with Crippen molar-refractivity contribution in [1.82, 2.24) is 10.2 Å². The van der Waals surface area contributed by atoms with Gasteiger partial charge in [0.1, 0.15) is 12.6 Å². The molecule has 1 fully saturated rings. The molecule has 0 saturated carbocycles. The molecule has 2 aromatic carbocycles. The fourth-order valence-corrected chi connectivity index (χ4v) is 4.76. The molecule has 1 saturated heterocycles. The van der Waals surface area contributed by atoms with Crippen LogP contribution in [0.25, 0.3) is 0 Å². The summed E-state index contributed by atoms with van der Waals surface area (Å²) in [5, 5.41) is 3.57. The number of benzene rings is 2. The summed E-state index contributed by atoms with van der Waals surface area (Å²) >= 11 is 7.50. The quantitative estimate of drug-likeness (QED) is 0.549. The Hall–Kier alpha value is -2.51. The number of thioether (sulfide) groups is 1. The van der Waals surface area contributed by atoms with Crippen molar-refractivity contribution in [3.8, 4) is 0 Å². The summed E-state index contributed by atoms with van der Waals surface area (Å²) in [5.41, 5.74) is 0.980. The Morgan fingerprint density at radius 3 is 2.70 bits per heavy atom. The van der Waals surface area contributed by atoms with Crippen molar-refractivity contribution in [2.24, 2.45) is 0 Å². The van der Waals surface area contributed by atoms with E-state index in [-0.39, 0.29) is 24.3 Å². The van der Waals surface area contributed by atoms with Crippen LogP contribution in [0.1, 0.15) is 23.2 Å². The Balaban J connectivity index is 1.40. The predicted molar refractivity (Wildman–Crippen MR) is 118 cm³/mol. The molecule has 4 rings (SSSR count). The zero-order chi connectivity index (χ0) is 21.1. The largest absolute Gasteiger partial charge is 0.354 e. The van der Waals surface area contributed by atoms with Gasteiger partial charge in [0.2, 0.25) is 11.8 Å². The van der Waals surface area contributed by atoms with Crippen LogP contribution < -0.4 is 10.2 Å². The standard InChI is InChI=1S/C22H22ClN3O3S/c23-15-7-9-16(10-8-15)30-13-11-24-20(27)14-26-18-5-2-1-4-17(18)21(28)25-12-3-6-19(25)22(26)29/h1-2,4-5,7-10,19H,3,6,11-14H2,(H,24,27)/t19-/m1/s1. The highest BCUT2D eigenvalue weighted by Gasteiger charge is 2.42. The number of hydrogen-bond donors (Lipinski definition) is 1. The highest BCUT2D eigenvalue weighted by atomic mass is 35.5. The monoisotopic (exact) mass is 443 g/mol. The van der Waals surface area contributed by atoms with Crippen molar-refractivity contribution < 1.29 is 14.4 Å². The molecule has 2 aliphatic rings. The number of fused-ring (bicyclic) bond motifs is 2. The molecule has 0 spiro atoms.